The number of benzene rings is 2. The molecule has 154 valence electrons. The number of hydrogen-bond donors (Lipinski definition) is 1. The second kappa shape index (κ2) is 11.2. The molecule has 0 saturated carbocycles. The van der Waals surface area contributed by atoms with E-state index in [9.17, 15) is 9.90 Å². The van der Waals surface area contributed by atoms with Crippen molar-refractivity contribution in [2.75, 3.05) is 26.2 Å². The molecule has 2 aromatic rings. The molecule has 1 fully saturated rings. The van der Waals surface area contributed by atoms with E-state index in [1.807, 2.05) is 53.4 Å². The van der Waals surface area contributed by atoms with Crippen LogP contribution in [0.15, 0.2) is 48.5 Å². The third kappa shape index (κ3) is 5.99. The summed E-state index contributed by atoms with van der Waals surface area (Å²) in [5.74, 6) is -0.773. The number of hydrogen-bond acceptors (Lipinski definition) is 3. The van der Waals surface area contributed by atoms with Crippen molar-refractivity contribution in [2.24, 2.45) is 0 Å². The molecule has 1 aliphatic rings. The number of carbonyl (C=O) groups is 1. The normalized spacial score (nSPS) is 16.1. The predicted octanol–water partition coefficient (Wildman–Crippen LogP) is 5.02. The minimum absolute atomic E-state index is 0. The number of aliphatic carboxylic acids is 1. The van der Waals surface area contributed by atoms with Crippen LogP contribution in [-0.4, -0.2) is 53.1 Å². The number of rotatable bonds is 5. The average Bonchev–Trinajstić information content (AvgIpc) is 2.65. The Balaban J connectivity index is 0.00000196. The molecule has 1 saturated heterocycles. The molecule has 2 aromatic carbocycles. The summed E-state index contributed by atoms with van der Waals surface area (Å²) < 4.78 is 0. The van der Waals surface area contributed by atoms with Crippen LogP contribution in [-0.2, 0) is 4.79 Å². The number of carboxylic acids is 1. The molecule has 0 spiro atoms. The lowest BCUT2D eigenvalue weighted by Gasteiger charge is -2.41. The highest BCUT2D eigenvalue weighted by Gasteiger charge is 2.30. The first-order chi connectivity index (χ1) is 12.5. The molecule has 1 N–H and O–H groups in total. The summed E-state index contributed by atoms with van der Waals surface area (Å²) >= 11 is 12.1. The van der Waals surface area contributed by atoms with Crippen LogP contribution < -0.4 is 0 Å². The molecular weight excluding hydrogens is 442 g/mol. The third-order valence-electron chi connectivity index (χ3n) is 4.99. The lowest BCUT2D eigenvalue weighted by Crippen LogP contribution is -2.52. The van der Waals surface area contributed by atoms with Crippen molar-refractivity contribution in [3.63, 3.8) is 0 Å². The molecular formula is C20H24Cl4N2O2. The van der Waals surface area contributed by atoms with Crippen molar-refractivity contribution in [2.45, 2.75) is 19.0 Å². The highest BCUT2D eigenvalue weighted by Crippen LogP contribution is 2.31. The molecule has 1 atom stereocenters. The van der Waals surface area contributed by atoms with Gasteiger partial charge in [0.15, 0.2) is 0 Å². The van der Waals surface area contributed by atoms with Gasteiger partial charge in [-0.15, -0.1) is 24.8 Å². The van der Waals surface area contributed by atoms with Gasteiger partial charge in [0.1, 0.15) is 6.04 Å². The first-order valence-corrected chi connectivity index (χ1v) is 9.43. The Labute approximate surface area is 188 Å². The Morgan fingerprint density at radius 3 is 1.54 bits per heavy atom. The van der Waals surface area contributed by atoms with Crippen LogP contribution >= 0.6 is 48.0 Å². The standard InChI is InChI=1S/C20H22Cl2N2O2.2ClH/c1-14(20(25)26)23-10-12-24(13-11-23)19(15-2-6-17(21)7-3-15)16-4-8-18(22)9-5-16;;/h2-9,14,19H,10-13H2,1H3,(H,25,26);2*1H. The van der Waals surface area contributed by atoms with E-state index in [1.165, 1.54) is 0 Å². The van der Waals surface area contributed by atoms with Gasteiger partial charge < -0.3 is 5.11 Å². The average molecular weight is 466 g/mol. The van der Waals surface area contributed by atoms with Gasteiger partial charge in [0, 0.05) is 36.2 Å². The number of piperazine rings is 1. The highest BCUT2D eigenvalue weighted by atomic mass is 35.5. The minimum Gasteiger partial charge on any atom is -0.480 e. The van der Waals surface area contributed by atoms with E-state index in [-0.39, 0.29) is 30.9 Å². The first kappa shape index (κ1) is 25.0. The summed E-state index contributed by atoms with van der Waals surface area (Å²) in [7, 11) is 0. The molecule has 4 nitrogen and oxygen atoms in total. The predicted molar refractivity (Wildman–Crippen MR) is 119 cm³/mol. The SMILES string of the molecule is CC(C(=O)O)N1CCN(C(c2ccc(Cl)cc2)c2ccc(Cl)cc2)CC1.Cl.Cl. The van der Waals surface area contributed by atoms with Crippen molar-refractivity contribution < 1.29 is 9.90 Å². The van der Waals surface area contributed by atoms with Gasteiger partial charge in [-0.05, 0) is 42.3 Å². The summed E-state index contributed by atoms with van der Waals surface area (Å²) in [6.45, 7) is 4.80. The van der Waals surface area contributed by atoms with Crippen LogP contribution in [0.3, 0.4) is 0 Å². The van der Waals surface area contributed by atoms with Crippen LogP contribution in [0.4, 0.5) is 0 Å². The zero-order valence-electron chi connectivity index (χ0n) is 15.4. The lowest BCUT2D eigenvalue weighted by atomic mass is 9.96. The van der Waals surface area contributed by atoms with Crippen LogP contribution in [0.5, 0.6) is 0 Å². The Morgan fingerprint density at radius 1 is 0.821 bits per heavy atom. The fourth-order valence-corrected chi connectivity index (χ4v) is 3.70. The maximum Gasteiger partial charge on any atom is 0.320 e. The van der Waals surface area contributed by atoms with E-state index in [0.29, 0.717) is 10.0 Å². The lowest BCUT2D eigenvalue weighted by molar-refractivity contribution is -0.143. The van der Waals surface area contributed by atoms with E-state index in [1.54, 1.807) is 6.92 Å². The summed E-state index contributed by atoms with van der Waals surface area (Å²) in [4.78, 5) is 15.6. The van der Waals surface area contributed by atoms with Gasteiger partial charge in [0.05, 0.1) is 6.04 Å². The molecule has 0 aliphatic carbocycles. The fourth-order valence-electron chi connectivity index (χ4n) is 3.44. The Bertz CT molecular complexity index is 702. The minimum atomic E-state index is -0.773. The van der Waals surface area contributed by atoms with Crippen LogP contribution in [0.25, 0.3) is 0 Å². The molecule has 0 aromatic heterocycles. The van der Waals surface area contributed by atoms with Gasteiger partial charge in [-0.25, -0.2) is 0 Å². The molecule has 1 unspecified atom stereocenters. The zero-order chi connectivity index (χ0) is 18.7. The molecule has 28 heavy (non-hydrogen) atoms. The topological polar surface area (TPSA) is 43.8 Å². The van der Waals surface area contributed by atoms with E-state index in [2.05, 4.69) is 4.90 Å². The van der Waals surface area contributed by atoms with Crippen molar-refractivity contribution in [1.82, 2.24) is 9.80 Å². The Hall–Kier alpha value is -1.01. The maximum absolute atomic E-state index is 11.2. The highest BCUT2D eigenvalue weighted by molar-refractivity contribution is 6.30. The molecule has 1 heterocycles. The molecule has 8 heteroatoms. The van der Waals surface area contributed by atoms with Gasteiger partial charge in [0.25, 0.3) is 0 Å². The Kier molecular flexibility index (Phi) is 10.1. The monoisotopic (exact) mass is 464 g/mol. The van der Waals surface area contributed by atoms with Gasteiger partial charge in [-0.1, -0.05) is 47.5 Å². The quantitative estimate of drug-likeness (QED) is 0.673. The van der Waals surface area contributed by atoms with Crippen LogP contribution in [0.2, 0.25) is 10.0 Å². The molecule has 1 aliphatic heterocycles. The van der Waals surface area contributed by atoms with Crippen LogP contribution in [0.1, 0.15) is 24.1 Å². The number of nitrogens with zero attached hydrogens (tertiary/aromatic N) is 2. The van der Waals surface area contributed by atoms with E-state index in [4.69, 9.17) is 23.2 Å². The zero-order valence-corrected chi connectivity index (χ0v) is 18.6. The van der Waals surface area contributed by atoms with Crippen molar-refractivity contribution in [3.8, 4) is 0 Å². The van der Waals surface area contributed by atoms with E-state index < -0.39 is 12.0 Å². The largest absolute Gasteiger partial charge is 0.480 e. The molecule has 0 radical (unpaired) electrons. The van der Waals surface area contributed by atoms with E-state index in [0.717, 1.165) is 37.3 Å². The van der Waals surface area contributed by atoms with Gasteiger partial charge >= 0.3 is 5.97 Å². The summed E-state index contributed by atoms with van der Waals surface area (Å²) in [5, 5.41) is 10.7. The van der Waals surface area contributed by atoms with Crippen molar-refractivity contribution in [1.29, 1.82) is 0 Å². The fraction of sp³-hybridized carbons (Fsp3) is 0.350. The maximum atomic E-state index is 11.2. The van der Waals surface area contributed by atoms with Crippen molar-refractivity contribution >= 4 is 54.0 Å². The van der Waals surface area contributed by atoms with Crippen LogP contribution in [0, 0.1) is 0 Å². The summed E-state index contributed by atoms with van der Waals surface area (Å²) in [6, 6.07) is 15.5. The summed E-state index contributed by atoms with van der Waals surface area (Å²) in [6.07, 6.45) is 0. The number of halogens is 4. The Morgan fingerprint density at radius 2 is 1.18 bits per heavy atom. The smallest absolute Gasteiger partial charge is 0.320 e. The van der Waals surface area contributed by atoms with E-state index >= 15 is 0 Å². The second-order valence-electron chi connectivity index (χ2n) is 6.59. The first-order valence-electron chi connectivity index (χ1n) is 8.67. The third-order valence-corrected chi connectivity index (χ3v) is 5.49. The summed E-state index contributed by atoms with van der Waals surface area (Å²) in [5.41, 5.74) is 2.33. The molecule has 0 bridgehead atoms. The second-order valence-corrected chi connectivity index (χ2v) is 7.46. The van der Waals surface area contributed by atoms with Crippen molar-refractivity contribution in [3.05, 3.63) is 69.7 Å². The van der Waals surface area contributed by atoms with Gasteiger partial charge in [-0.2, -0.15) is 0 Å². The molecule has 0 amide bonds. The molecule has 3 rings (SSSR count). The van der Waals surface area contributed by atoms with Gasteiger partial charge in [0.2, 0.25) is 0 Å². The van der Waals surface area contributed by atoms with Gasteiger partial charge in [-0.3, -0.25) is 14.6 Å². The number of carboxylic acid groups (broad SMARTS) is 1.